The average Bonchev–Trinajstić information content (AvgIpc) is 2.91. The van der Waals surface area contributed by atoms with Gasteiger partial charge in [0.25, 0.3) is 5.91 Å². The number of nitrogens with two attached hydrogens (primary N) is 1. The predicted molar refractivity (Wildman–Crippen MR) is 138 cm³/mol. The third-order valence-electron chi connectivity index (χ3n) is 6.22. The van der Waals surface area contributed by atoms with Crippen LogP contribution < -0.4 is 20.3 Å². The van der Waals surface area contributed by atoms with Crippen LogP contribution in [0.5, 0.6) is 5.88 Å². The maximum absolute atomic E-state index is 15.2. The lowest BCUT2D eigenvalue weighted by Gasteiger charge is -2.39. The molecule has 0 radical (unpaired) electrons. The fraction of sp³-hybridized carbons (Fsp3) is 0.240. The Morgan fingerprint density at radius 3 is 2.37 bits per heavy atom. The van der Waals surface area contributed by atoms with Crippen LogP contribution in [0, 0.1) is 17.5 Å². The standard InChI is InChI=1S/C25H20BrF6N5O4/c1-41-20-5-4-18(22(26)34-20)37-11-36(19-9-14(25(30,31)32)16(28)8-12(19)23(37)38)17-3-2-15(27)21(29)13(17)10-35(7-6-33)24(39)40/h2-5,8-9H,6-7,10-11,33H2,1H3,(H,39,40). The first kappa shape index (κ1) is 29.9. The zero-order chi connectivity index (χ0) is 30.2. The van der Waals surface area contributed by atoms with E-state index in [4.69, 9.17) is 10.5 Å². The van der Waals surface area contributed by atoms with E-state index in [0.717, 1.165) is 15.9 Å². The maximum atomic E-state index is 15.2. The van der Waals surface area contributed by atoms with Crippen LogP contribution in [0.25, 0.3) is 0 Å². The number of halogens is 7. The number of fused-ring (bicyclic) bond motifs is 1. The fourth-order valence-corrected chi connectivity index (χ4v) is 4.81. The Kier molecular flexibility index (Phi) is 8.35. The van der Waals surface area contributed by atoms with Crippen molar-refractivity contribution in [2.24, 2.45) is 5.73 Å². The molecule has 0 unspecified atom stereocenters. The van der Waals surface area contributed by atoms with Crippen LogP contribution in [0.4, 0.5) is 48.2 Å². The van der Waals surface area contributed by atoms with Crippen LogP contribution in [0.1, 0.15) is 21.5 Å². The molecular weight excluding hydrogens is 628 g/mol. The molecule has 3 aromatic rings. The lowest BCUT2D eigenvalue weighted by atomic mass is 10.0. The number of carbonyl (C=O) groups excluding carboxylic acids is 1. The summed E-state index contributed by atoms with van der Waals surface area (Å²) in [5.74, 6) is -5.33. The van der Waals surface area contributed by atoms with E-state index in [1.165, 1.54) is 19.2 Å². The van der Waals surface area contributed by atoms with Crippen molar-refractivity contribution in [1.29, 1.82) is 0 Å². The summed E-state index contributed by atoms with van der Waals surface area (Å²) in [5, 5.41) is 9.54. The zero-order valence-electron chi connectivity index (χ0n) is 21.0. The van der Waals surface area contributed by atoms with Gasteiger partial charge in [-0.2, -0.15) is 13.2 Å². The van der Waals surface area contributed by atoms with Crippen LogP contribution in [-0.4, -0.2) is 53.9 Å². The molecule has 0 atom stereocenters. The molecule has 4 rings (SSSR count). The first-order valence-corrected chi connectivity index (χ1v) is 12.4. The molecule has 1 aliphatic rings. The molecule has 0 aliphatic carbocycles. The van der Waals surface area contributed by atoms with E-state index in [1.807, 2.05) is 0 Å². The number of anilines is 3. The van der Waals surface area contributed by atoms with Gasteiger partial charge in [0.15, 0.2) is 11.6 Å². The molecule has 0 bridgehead atoms. The Hall–Kier alpha value is -4.05. The van der Waals surface area contributed by atoms with Crippen LogP contribution in [0.3, 0.4) is 0 Å². The number of carboxylic acid groups (broad SMARTS) is 1. The maximum Gasteiger partial charge on any atom is 0.419 e. The van der Waals surface area contributed by atoms with E-state index in [9.17, 15) is 36.6 Å². The number of rotatable bonds is 7. The SMILES string of the molecule is COc1ccc(N2CN(c3ccc(F)c(F)c3CN(CCN)C(=O)O)c3cc(C(F)(F)F)c(F)cc3C2=O)c(Br)n1. The molecule has 0 spiro atoms. The molecule has 2 amide bonds. The molecule has 0 fully saturated rings. The van der Waals surface area contributed by atoms with Crippen molar-refractivity contribution < 1.29 is 45.8 Å². The smallest absolute Gasteiger partial charge is 0.419 e. The second kappa shape index (κ2) is 11.4. The van der Waals surface area contributed by atoms with Gasteiger partial charge in [-0.25, -0.2) is 22.9 Å². The van der Waals surface area contributed by atoms with Gasteiger partial charge in [0, 0.05) is 24.7 Å². The first-order valence-electron chi connectivity index (χ1n) is 11.6. The number of hydrogen-bond acceptors (Lipinski definition) is 6. The summed E-state index contributed by atoms with van der Waals surface area (Å²) < 4.78 is 90.5. The molecule has 218 valence electrons. The summed E-state index contributed by atoms with van der Waals surface area (Å²) in [5.41, 5.74) is 2.02. The highest BCUT2D eigenvalue weighted by Gasteiger charge is 2.40. The summed E-state index contributed by atoms with van der Waals surface area (Å²) in [6, 6.07) is 5.30. The molecule has 16 heteroatoms. The molecule has 2 aromatic carbocycles. The van der Waals surface area contributed by atoms with Crippen molar-refractivity contribution >= 4 is 45.0 Å². The van der Waals surface area contributed by atoms with Gasteiger partial charge >= 0.3 is 12.3 Å². The van der Waals surface area contributed by atoms with Gasteiger partial charge in [-0.15, -0.1) is 0 Å². The highest BCUT2D eigenvalue weighted by molar-refractivity contribution is 9.10. The van der Waals surface area contributed by atoms with E-state index in [0.29, 0.717) is 23.1 Å². The molecule has 1 aromatic heterocycles. The van der Waals surface area contributed by atoms with E-state index < -0.39 is 71.2 Å². The number of benzene rings is 2. The summed E-state index contributed by atoms with van der Waals surface area (Å²) in [7, 11) is 1.34. The topological polar surface area (TPSA) is 112 Å². The van der Waals surface area contributed by atoms with Crippen molar-refractivity contribution in [3.05, 3.63) is 75.1 Å². The number of pyridine rings is 1. The van der Waals surface area contributed by atoms with Gasteiger partial charge < -0.3 is 25.4 Å². The summed E-state index contributed by atoms with van der Waals surface area (Å²) in [6.45, 7) is -1.77. The van der Waals surface area contributed by atoms with Gasteiger partial charge in [-0.3, -0.25) is 9.69 Å². The van der Waals surface area contributed by atoms with Crippen molar-refractivity contribution in [1.82, 2.24) is 9.88 Å². The second-order valence-corrected chi connectivity index (χ2v) is 9.42. The highest BCUT2D eigenvalue weighted by Crippen LogP contribution is 2.43. The third kappa shape index (κ3) is 5.74. The van der Waals surface area contributed by atoms with E-state index in [2.05, 4.69) is 20.9 Å². The minimum Gasteiger partial charge on any atom is -0.481 e. The zero-order valence-corrected chi connectivity index (χ0v) is 22.6. The molecule has 9 nitrogen and oxygen atoms in total. The predicted octanol–water partition coefficient (Wildman–Crippen LogP) is 5.48. The number of ether oxygens (including phenoxy) is 1. The Labute approximate surface area is 236 Å². The molecule has 41 heavy (non-hydrogen) atoms. The quantitative estimate of drug-likeness (QED) is 0.258. The van der Waals surface area contributed by atoms with Crippen LogP contribution >= 0.6 is 15.9 Å². The minimum atomic E-state index is -5.16. The number of alkyl halides is 3. The van der Waals surface area contributed by atoms with E-state index >= 15 is 4.39 Å². The highest BCUT2D eigenvalue weighted by atomic mass is 79.9. The van der Waals surface area contributed by atoms with Gasteiger partial charge in [0.2, 0.25) is 5.88 Å². The summed E-state index contributed by atoms with van der Waals surface area (Å²) in [6.07, 6.45) is -6.68. The molecule has 2 heterocycles. The van der Waals surface area contributed by atoms with Crippen molar-refractivity contribution in [2.75, 3.05) is 36.7 Å². The molecule has 0 saturated heterocycles. The van der Waals surface area contributed by atoms with Crippen molar-refractivity contribution in [2.45, 2.75) is 12.7 Å². The Morgan fingerprint density at radius 1 is 1.10 bits per heavy atom. The van der Waals surface area contributed by atoms with Gasteiger partial charge in [-0.1, -0.05) is 0 Å². The first-order chi connectivity index (χ1) is 19.3. The number of hydrogen-bond donors (Lipinski definition) is 2. The van der Waals surface area contributed by atoms with Gasteiger partial charge in [0.05, 0.1) is 41.8 Å². The third-order valence-corrected chi connectivity index (χ3v) is 6.81. The molecule has 1 aliphatic heterocycles. The lowest BCUT2D eigenvalue weighted by molar-refractivity contribution is -0.139. The van der Waals surface area contributed by atoms with Crippen LogP contribution in [0.2, 0.25) is 0 Å². The summed E-state index contributed by atoms with van der Waals surface area (Å²) >= 11 is 3.20. The molecular formula is C25H20BrF6N5O4. The monoisotopic (exact) mass is 647 g/mol. The Morgan fingerprint density at radius 2 is 1.78 bits per heavy atom. The lowest BCUT2D eigenvalue weighted by Crippen LogP contribution is -2.46. The van der Waals surface area contributed by atoms with E-state index in [-0.39, 0.29) is 34.9 Å². The second-order valence-electron chi connectivity index (χ2n) is 8.66. The Bertz CT molecular complexity index is 1520. The number of amides is 2. The van der Waals surface area contributed by atoms with Crippen molar-refractivity contribution in [3.63, 3.8) is 0 Å². The van der Waals surface area contributed by atoms with Crippen LogP contribution in [-0.2, 0) is 12.7 Å². The average molecular weight is 648 g/mol. The van der Waals surface area contributed by atoms with Gasteiger partial charge in [-0.05, 0) is 46.3 Å². The van der Waals surface area contributed by atoms with Gasteiger partial charge in [0.1, 0.15) is 17.1 Å². The Balaban J connectivity index is 1.98. The van der Waals surface area contributed by atoms with E-state index in [1.54, 1.807) is 0 Å². The number of nitrogens with zero attached hydrogens (tertiary/aromatic N) is 4. The van der Waals surface area contributed by atoms with Crippen molar-refractivity contribution in [3.8, 4) is 5.88 Å². The largest absolute Gasteiger partial charge is 0.481 e. The minimum absolute atomic E-state index is 0.0755. The number of aromatic nitrogens is 1. The molecule has 3 N–H and O–H groups in total. The van der Waals surface area contributed by atoms with Crippen LogP contribution in [0.15, 0.2) is 41.0 Å². The number of methoxy groups -OCH3 is 1. The number of carbonyl (C=O) groups is 2. The molecule has 0 saturated carbocycles. The summed E-state index contributed by atoms with van der Waals surface area (Å²) in [4.78, 5) is 32.1. The fourth-order valence-electron chi connectivity index (χ4n) is 4.29. The normalized spacial score (nSPS) is 13.3.